The zero-order valence-electron chi connectivity index (χ0n) is 34.5. The summed E-state index contributed by atoms with van der Waals surface area (Å²) in [6, 6.07) is 91.5. The lowest BCUT2D eigenvalue weighted by molar-refractivity contribution is 0.770. The Morgan fingerprint density at radius 1 is 0.302 bits per heavy atom. The lowest BCUT2D eigenvalue weighted by atomic mass is 9.66. The van der Waals surface area contributed by atoms with Crippen molar-refractivity contribution in [3.05, 3.63) is 271 Å². The van der Waals surface area contributed by atoms with Crippen molar-refractivity contribution >= 4 is 48.6 Å². The molecule has 11 aromatic rings. The quantitative estimate of drug-likeness (QED) is 0.148. The molecule has 0 saturated carbocycles. The first kappa shape index (κ1) is 37.0. The lowest BCUT2D eigenvalue weighted by Gasteiger charge is -2.35. The van der Waals surface area contributed by atoms with Crippen LogP contribution in [0.3, 0.4) is 0 Å². The minimum atomic E-state index is -0.549. The van der Waals surface area contributed by atoms with Crippen molar-refractivity contribution in [2.24, 2.45) is 0 Å². The van der Waals surface area contributed by atoms with Crippen molar-refractivity contribution in [3.8, 4) is 44.5 Å². The fraction of sp³-hybridized carbons (Fsp3) is 0.0164. The van der Waals surface area contributed by atoms with Crippen molar-refractivity contribution in [2.75, 3.05) is 4.90 Å². The fourth-order valence-corrected chi connectivity index (χ4v) is 11.2. The summed E-state index contributed by atoms with van der Waals surface area (Å²) in [5, 5.41) is 2.64. The van der Waals surface area contributed by atoms with Crippen LogP contribution in [0.25, 0.3) is 64.7 Å². The van der Waals surface area contributed by atoms with Crippen LogP contribution in [-0.2, 0) is 5.41 Å². The van der Waals surface area contributed by atoms with Crippen LogP contribution in [0.4, 0.5) is 17.1 Å². The summed E-state index contributed by atoms with van der Waals surface area (Å²) in [5.74, 6) is 0. The molecule has 0 amide bonds. The molecule has 10 aromatic carbocycles. The van der Waals surface area contributed by atoms with Crippen LogP contribution in [0, 0.1) is 0 Å². The van der Waals surface area contributed by atoms with Gasteiger partial charge in [-0.25, -0.2) is 0 Å². The van der Waals surface area contributed by atoms with Gasteiger partial charge in [-0.15, -0.1) is 11.3 Å². The number of benzene rings is 10. The molecule has 1 aliphatic carbocycles. The minimum Gasteiger partial charge on any atom is -0.311 e. The second kappa shape index (κ2) is 15.3. The average molecular weight is 820 g/mol. The highest BCUT2D eigenvalue weighted by molar-refractivity contribution is 7.25. The van der Waals surface area contributed by atoms with Gasteiger partial charge < -0.3 is 4.90 Å². The molecule has 0 N–H and O–H groups in total. The molecule has 0 radical (unpaired) electrons. The van der Waals surface area contributed by atoms with Crippen LogP contribution < -0.4 is 4.90 Å². The molecule has 1 aliphatic rings. The molecule has 0 spiro atoms. The third-order valence-electron chi connectivity index (χ3n) is 13.0. The van der Waals surface area contributed by atoms with Crippen molar-refractivity contribution in [1.82, 2.24) is 0 Å². The molecule has 0 fully saturated rings. The number of rotatable bonds is 8. The van der Waals surface area contributed by atoms with Crippen LogP contribution >= 0.6 is 11.3 Å². The summed E-state index contributed by atoms with van der Waals surface area (Å²) >= 11 is 1.86. The van der Waals surface area contributed by atoms with Gasteiger partial charge >= 0.3 is 0 Å². The molecular weight excluding hydrogens is 779 g/mol. The van der Waals surface area contributed by atoms with Crippen LogP contribution in [0.2, 0.25) is 0 Å². The monoisotopic (exact) mass is 819 g/mol. The van der Waals surface area contributed by atoms with Gasteiger partial charge in [0.15, 0.2) is 0 Å². The molecule has 12 rings (SSSR count). The van der Waals surface area contributed by atoms with Crippen LogP contribution in [0.1, 0.15) is 22.3 Å². The molecule has 1 aromatic heterocycles. The first-order valence-corrected chi connectivity index (χ1v) is 22.5. The predicted octanol–water partition coefficient (Wildman–Crippen LogP) is 16.9. The summed E-state index contributed by atoms with van der Waals surface area (Å²) in [5.41, 5.74) is 17.7. The first-order chi connectivity index (χ1) is 31.2. The van der Waals surface area contributed by atoms with Gasteiger partial charge in [0.1, 0.15) is 0 Å². The number of hydrogen-bond donors (Lipinski definition) is 0. The first-order valence-electron chi connectivity index (χ1n) is 21.7. The third-order valence-corrected chi connectivity index (χ3v) is 14.1. The zero-order chi connectivity index (χ0) is 41.7. The van der Waals surface area contributed by atoms with E-state index in [2.05, 4.69) is 254 Å². The predicted molar refractivity (Wildman–Crippen MR) is 268 cm³/mol. The molecule has 63 heavy (non-hydrogen) atoms. The standard InChI is InChI=1S/C61H41NS/c1-4-16-42(17-5-1)45-18-14-21-48(40-45)61(47-19-6-2-7-20-47)57-28-12-10-24-53(57)55-27-15-26-52(60(55)61)44-32-37-51(38-33-44)62(49-22-8-3-9-23-49)50-35-30-43(31-36-50)46-34-39-59-56(41-46)54-25-11-13-29-58(54)63-59/h1-41H. The average Bonchev–Trinajstić information content (AvgIpc) is 3.89. The van der Waals surface area contributed by atoms with Crippen LogP contribution in [0.15, 0.2) is 249 Å². The third kappa shape index (κ3) is 6.14. The van der Waals surface area contributed by atoms with E-state index in [4.69, 9.17) is 0 Å². The Morgan fingerprint density at radius 3 is 1.59 bits per heavy atom. The van der Waals surface area contributed by atoms with Gasteiger partial charge in [0.25, 0.3) is 0 Å². The summed E-state index contributed by atoms with van der Waals surface area (Å²) in [7, 11) is 0. The Balaban J connectivity index is 0.976. The van der Waals surface area contributed by atoms with Crippen LogP contribution in [0.5, 0.6) is 0 Å². The Labute approximate surface area is 372 Å². The molecule has 1 nitrogen and oxygen atoms in total. The molecule has 1 heterocycles. The molecule has 0 aliphatic heterocycles. The number of thiophene rings is 1. The highest BCUT2D eigenvalue weighted by atomic mass is 32.1. The van der Waals surface area contributed by atoms with Crippen LogP contribution in [-0.4, -0.2) is 0 Å². The second-order valence-electron chi connectivity index (χ2n) is 16.4. The molecule has 296 valence electrons. The van der Waals surface area contributed by atoms with Gasteiger partial charge in [-0.2, -0.15) is 0 Å². The maximum atomic E-state index is 2.42. The van der Waals surface area contributed by atoms with Crippen molar-refractivity contribution in [3.63, 3.8) is 0 Å². The van der Waals surface area contributed by atoms with Gasteiger partial charge in [0.05, 0.1) is 5.41 Å². The summed E-state index contributed by atoms with van der Waals surface area (Å²) < 4.78 is 2.65. The summed E-state index contributed by atoms with van der Waals surface area (Å²) in [6.45, 7) is 0. The Hall–Kier alpha value is -7.78. The zero-order valence-corrected chi connectivity index (χ0v) is 35.3. The molecular formula is C61H41NS. The number of nitrogens with zero attached hydrogens (tertiary/aromatic N) is 1. The normalized spacial score (nSPS) is 14.1. The van der Waals surface area contributed by atoms with Gasteiger partial charge in [-0.3, -0.25) is 0 Å². The fourth-order valence-electron chi connectivity index (χ4n) is 10.1. The van der Waals surface area contributed by atoms with Gasteiger partial charge in [0, 0.05) is 37.2 Å². The smallest absolute Gasteiger partial charge is 0.0719 e. The molecule has 2 heteroatoms. The highest BCUT2D eigenvalue weighted by Crippen LogP contribution is 2.59. The van der Waals surface area contributed by atoms with Crippen molar-refractivity contribution in [2.45, 2.75) is 5.41 Å². The van der Waals surface area contributed by atoms with Crippen molar-refractivity contribution < 1.29 is 0 Å². The van der Waals surface area contributed by atoms with E-state index in [9.17, 15) is 0 Å². The minimum absolute atomic E-state index is 0.549. The SMILES string of the molecule is c1ccc(-c2cccc(C3(c4ccccc4)c4ccccc4-c4cccc(-c5ccc(N(c6ccccc6)c6ccc(-c7ccc8sc9ccccc9c8c7)cc6)cc5)c43)c2)cc1. The molecule has 0 bridgehead atoms. The second-order valence-corrected chi connectivity index (χ2v) is 17.5. The molecule has 1 unspecified atom stereocenters. The Morgan fingerprint density at radius 2 is 0.810 bits per heavy atom. The summed E-state index contributed by atoms with van der Waals surface area (Å²) in [6.07, 6.45) is 0. The van der Waals surface area contributed by atoms with E-state index in [0.29, 0.717) is 0 Å². The number of para-hydroxylation sites is 1. The van der Waals surface area contributed by atoms with E-state index in [1.54, 1.807) is 0 Å². The van der Waals surface area contributed by atoms with E-state index in [-0.39, 0.29) is 0 Å². The lowest BCUT2D eigenvalue weighted by Crippen LogP contribution is -2.29. The van der Waals surface area contributed by atoms with E-state index in [1.165, 1.54) is 86.9 Å². The number of hydrogen-bond acceptors (Lipinski definition) is 2. The van der Waals surface area contributed by atoms with E-state index in [0.717, 1.165) is 17.1 Å². The van der Waals surface area contributed by atoms with Crippen molar-refractivity contribution in [1.29, 1.82) is 0 Å². The summed E-state index contributed by atoms with van der Waals surface area (Å²) in [4.78, 5) is 2.36. The van der Waals surface area contributed by atoms with Gasteiger partial charge in [0.2, 0.25) is 0 Å². The van der Waals surface area contributed by atoms with Gasteiger partial charge in [-0.1, -0.05) is 188 Å². The van der Waals surface area contributed by atoms with E-state index >= 15 is 0 Å². The Kier molecular flexibility index (Phi) is 8.98. The largest absolute Gasteiger partial charge is 0.311 e. The van der Waals surface area contributed by atoms with Gasteiger partial charge in [-0.05, 0) is 127 Å². The van der Waals surface area contributed by atoms with E-state index < -0.39 is 5.41 Å². The molecule has 1 atom stereocenters. The highest BCUT2D eigenvalue weighted by Gasteiger charge is 2.47. The van der Waals surface area contributed by atoms with E-state index in [1.807, 2.05) is 11.3 Å². The number of anilines is 3. The topological polar surface area (TPSA) is 3.24 Å². The molecule has 0 saturated heterocycles. The maximum Gasteiger partial charge on any atom is 0.0719 e. The Bertz CT molecular complexity index is 3430. The number of fused-ring (bicyclic) bond motifs is 6. The maximum absolute atomic E-state index is 2.42.